The molecule has 0 amide bonds. The van der Waals surface area contributed by atoms with Crippen molar-refractivity contribution in [1.82, 2.24) is 10.0 Å². The molecule has 74 valence electrons. The van der Waals surface area contributed by atoms with Gasteiger partial charge in [0.1, 0.15) is 5.60 Å². The third kappa shape index (κ3) is 1.02. The van der Waals surface area contributed by atoms with Crippen molar-refractivity contribution in [2.24, 2.45) is 0 Å². The minimum atomic E-state index is -0.356. The number of pyridine rings is 1. The summed E-state index contributed by atoms with van der Waals surface area (Å²) in [5, 5.41) is 12.3. The van der Waals surface area contributed by atoms with Gasteiger partial charge >= 0.3 is 0 Å². The number of hydrogen-bond donors (Lipinski definition) is 0. The molecule has 0 N–H and O–H groups in total. The maximum atomic E-state index is 11.2. The molecule has 3 rings (SSSR count). The van der Waals surface area contributed by atoms with Gasteiger partial charge in [0, 0.05) is 18.3 Å². The Bertz CT molecular complexity index is 365. The Morgan fingerprint density at radius 2 is 2.50 bits per heavy atom. The van der Waals surface area contributed by atoms with Crippen molar-refractivity contribution in [2.45, 2.75) is 18.6 Å². The normalized spacial score (nSPS) is 31.2. The fourth-order valence-corrected chi connectivity index (χ4v) is 2.34. The van der Waals surface area contributed by atoms with Gasteiger partial charge in [-0.05, 0) is 19.0 Å². The third-order valence-electron chi connectivity index (χ3n) is 3.06. The number of hydroxylamine groups is 2. The van der Waals surface area contributed by atoms with E-state index in [2.05, 4.69) is 4.98 Å². The molecular formula is C10H11N2O2-. The first-order valence-corrected chi connectivity index (χ1v) is 4.81. The van der Waals surface area contributed by atoms with Gasteiger partial charge in [0.25, 0.3) is 0 Å². The summed E-state index contributed by atoms with van der Waals surface area (Å²) in [6.07, 6.45) is 2.56. The molecule has 0 saturated carbocycles. The second kappa shape index (κ2) is 2.76. The molecule has 1 unspecified atom stereocenters. The Hall–Kier alpha value is -0.970. The fourth-order valence-electron chi connectivity index (χ4n) is 2.34. The standard InChI is InChI=1S/C10H11N2O2/c13-12-5-3-10(7-12)8-2-1-4-11-9(8)6-14-10/h1-2,4H,3,5-7H2/q-1. The first-order chi connectivity index (χ1) is 6.80. The number of hydrogen-bond acceptors (Lipinski definition) is 4. The number of ether oxygens (including phenoxy) is 1. The molecule has 0 aliphatic carbocycles. The van der Waals surface area contributed by atoms with Crippen molar-refractivity contribution in [3.8, 4) is 0 Å². The van der Waals surface area contributed by atoms with Crippen LogP contribution < -0.4 is 0 Å². The lowest BCUT2D eigenvalue weighted by atomic mass is 9.94. The van der Waals surface area contributed by atoms with Crippen molar-refractivity contribution < 1.29 is 4.74 Å². The fraction of sp³-hybridized carbons (Fsp3) is 0.500. The molecule has 1 fully saturated rings. The van der Waals surface area contributed by atoms with Gasteiger partial charge in [-0.1, -0.05) is 6.07 Å². The summed E-state index contributed by atoms with van der Waals surface area (Å²) >= 11 is 0. The summed E-state index contributed by atoms with van der Waals surface area (Å²) in [4.78, 5) is 4.26. The SMILES string of the molecule is [O-]N1CCC2(C1)OCc1ncccc12. The van der Waals surface area contributed by atoms with Crippen LogP contribution in [0.5, 0.6) is 0 Å². The lowest BCUT2D eigenvalue weighted by Gasteiger charge is -2.27. The number of fused-ring (bicyclic) bond motifs is 2. The van der Waals surface area contributed by atoms with Crippen LogP contribution in [0.2, 0.25) is 0 Å². The van der Waals surface area contributed by atoms with Crippen LogP contribution in [-0.4, -0.2) is 23.1 Å². The molecule has 2 aliphatic heterocycles. The summed E-state index contributed by atoms with van der Waals surface area (Å²) in [5.74, 6) is 0. The lowest BCUT2D eigenvalue weighted by Crippen LogP contribution is -2.28. The van der Waals surface area contributed by atoms with Crippen molar-refractivity contribution in [3.05, 3.63) is 34.8 Å². The van der Waals surface area contributed by atoms with Gasteiger partial charge in [0.2, 0.25) is 0 Å². The quantitative estimate of drug-likeness (QED) is 0.614. The van der Waals surface area contributed by atoms with Gasteiger partial charge in [-0.3, -0.25) is 4.98 Å². The van der Waals surface area contributed by atoms with E-state index in [9.17, 15) is 5.21 Å². The van der Waals surface area contributed by atoms with E-state index in [1.807, 2.05) is 12.1 Å². The monoisotopic (exact) mass is 191 g/mol. The van der Waals surface area contributed by atoms with Crippen LogP contribution in [0.4, 0.5) is 0 Å². The average Bonchev–Trinajstić information content (AvgIpc) is 2.75. The van der Waals surface area contributed by atoms with E-state index in [4.69, 9.17) is 4.74 Å². The smallest absolute Gasteiger partial charge is 0.108 e. The summed E-state index contributed by atoms with van der Waals surface area (Å²) in [7, 11) is 0. The van der Waals surface area contributed by atoms with Gasteiger partial charge in [0.15, 0.2) is 0 Å². The molecular weight excluding hydrogens is 180 g/mol. The molecule has 3 heterocycles. The van der Waals surface area contributed by atoms with E-state index < -0.39 is 0 Å². The van der Waals surface area contributed by atoms with Crippen LogP contribution >= 0.6 is 0 Å². The van der Waals surface area contributed by atoms with Gasteiger partial charge in [-0.2, -0.15) is 0 Å². The van der Waals surface area contributed by atoms with Crippen LogP contribution in [0, 0.1) is 5.21 Å². The summed E-state index contributed by atoms with van der Waals surface area (Å²) in [5.41, 5.74) is 1.74. The molecule has 1 aromatic rings. The van der Waals surface area contributed by atoms with Gasteiger partial charge in [0.05, 0.1) is 12.3 Å². The lowest BCUT2D eigenvalue weighted by molar-refractivity contribution is -0.0274. The molecule has 1 atom stereocenters. The first kappa shape index (κ1) is 8.35. The predicted molar refractivity (Wildman–Crippen MR) is 50.3 cm³/mol. The second-order valence-corrected chi connectivity index (χ2v) is 3.89. The van der Waals surface area contributed by atoms with E-state index in [-0.39, 0.29) is 5.60 Å². The molecule has 4 heteroatoms. The van der Waals surface area contributed by atoms with E-state index in [0.717, 1.165) is 22.7 Å². The Labute approximate surface area is 82.1 Å². The van der Waals surface area contributed by atoms with Crippen LogP contribution in [0.1, 0.15) is 17.7 Å². The van der Waals surface area contributed by atoms with E-state index in [0.29, 0.717) is 19.7 Å². The number of rotatable bonds is 0. The second-order valence-electron chi connectivity index (χ2n) is 3.89. The highest BCUT2D eigenvalue weighted by Crippen LogP contribution is 2.41. The van der Waals surface area contributed by atoms with Crippen molar-refractivity contribution in [2.75, 3.05) is 13.1 Å². The third-order valence-corrected chi connectivity index (χ3v) is 3.06. The van der Waals surface area contributed by atoms with Crippen molar-refractivity contribution in [1.29, 1.82) is 0 Å². The molecule has 14 heavy (non-hydrogen) atoms. The minimum Gasteiger partial charge on any atom is -0.785 e. The molecule has 0 aromatic carbocycles. The molecule has 0 bridgehead atoms. The van der Waals surface area contributed by atoms with Gasteiger partial charge < -0.3 is 15.0 Å². The number of aromatic nitrogens is 1. The molecule has 4 nitrogen and oxygen atoms in total. The highest BCUT2D eigenvalue weighted by Gasteiger charge is 2.43. The Morgan fingerprint density at radius 1 is 1.57 bits per heavy atom. The van der Waals surface area contributed by atoms with Crippen LogP contribution in [0.15, 0.2) is 18.3 Å². The average molecular weight is 191 g/mol. The first-order valence-electron chi connectivity index (χ1n) is 4.81. The zero-order valence-electron chi connectivity index (χ0n) is 7.77. The van der Waals surface area contributed by atoms with Crippen molar-refractivity contribution in [3.63, 3.8) is 0 Å². The van der Waals surface area contributed by atoms with E-state index in [1.165, 1.54) is 0 Å². The van der Waals surface area contributed by atoms with E-state index >= 15 is 0 Å². The zero-order chi connectivity index (χ0) is 9.60. The zero-order valence-corrected chi connectivity index (χ0v) is 7.77. The highest BCUT2D eigenvalue weighted by molar-refractivity contribution is 5.31. The molecule has 0 radical (unpaired) electrons. The summed E-state index contributed by atoms with van der Waals surface area (Å²) in [6, 6.07) is 3.93. The Balaban J connectivity index is 2.05. The van der Waals surface area contributed by atoms with Crippen LogP contribution in [-0.2, 0) is 16.9 Å². The van der Waals surface area contributed by atoms with E-state index in [1.54, 1.807) is 6.20 Å². The summed E-state index contributed by atoms with van der Waals surface area (Å²) in [6.45, 7) is 1.56. The molecule has 1 saturated heterocycles. The minimum absolute atomic E-state index is 0.356. The predicted octanol–water partition coefficient (Wildman–Crippen LogP) is 1.01. The maximum absolute atomic E-state index is 11.2. The van der Waals surface area contributed by atoms with Gasteiger partial charge in [-0.15, -0.1) is 0 Å². The van der Waals surface area contributed by atoms with Crippen LogP contribution in [0.3, 0.4) is 0 Å². The largest absolute Gasteiger partial charge is 0.785 e. The van der Waals surface area contributed by atoms with Gasteiger partial charge in [-0.25, -0.2) is 0 Å². The molecule has 1 spiro atoms. The maximum Gasteiger partial charge on any atom is 0.108 e. The van der Waals surface area contributed by atoms with Crippen molar-refractivity contribution >= 4 is 0 Å². The summed E-state index contributed by atoms with van der Waals surface area (Å²) < 4.78 is 5.74. The topological polar surface area (TPSA) is 48.4 Å². The van der Waals surface area contributed by atoms with Crippen LogP contribution in [0.25, 0.3) is 0 Å². The molecule has 1 aromatic heterocycles. The Kier molecular flexibility index (Phi) is 1.65. The molecule has 2 aliphatic rings. The highest BCUT2D eigenvalue weighted by atomic mass is 16.5. The Morgan fingerprint density at radius 3 is 3.29 bits per heavy atom. The number of nitrogens with zero attached hydrogens (tertiary/aromatic N) is 2.